The minimum absolute atomic E-state index is 0.0359. The minimum atomic E-state index is -2.93. The van der Waals surface area contributed by atoms with E-state index in [-0.39, 0.29) is 17.5 Å². The summed E-state index contributed by atoms with van der Waals surface area (Å²) in [5.41, 5.74) is 2.15. The average Bonchev–Trinajstić information content (AvgIpc) is 3.11. The molecule has 0 bridgehead atoms. The van der Waals surface area contributed by atoms with Crippen LogP contribution in [0.2, 0.25) is 0 Å². The molecule has 1 aromatic heterocycles. The first kappa shape index (κ1) is 20.4. The third-order valence-corrected chi connectivity index (χ3v) is 7.61. The zero-order valence-corrected chi connectivity index (χ0v) is 18.3. The van der Waals surface area contributed by atoms with Crippen molar-refractivity contribution < 1.29 is 8.42 Å². The van der Waals surface area contributed by atoms with Crippen LogP contribution in [-0.4, -0.2) is 47.2 Å². The second kappa shape index (κ2) is 8.38. The fourth-order valence-electron chi connectivity index (χ4n) is 3.30. The van der Waals surface area contributed by atoms with Gasteiger partial charge in [-0.25, -0.2) is 13.1 Å². The van der Waals surface area contributed by atoms with Crippen LogP contribution >= 0.6 is 23.6 Å². The summed E-state index contributed by atoms with van der Waals surface area (Å²) >= 11 is 6.94. The van der Waals surface area contributed by atoms with Gasteiger partial charge in [-0.2, -0.15) is 0 Å². The van der Waals surface area contributed by atoms with Gasteiger partial charge in [0.05, 0.1) is 18.2 Å². The summed E-state index contributed by atoms with van der Waals surface area (Å²) in [5.74, 6) is 0.936. The van der Waals surface area contributed by atoms with Crippen molar-refractivity contribution in [1.82, 2.24) is 14.7 Å². The first-order valence-corrected chi connectivity index (χ1v) is 12.1. The lowest BCUT2D eigenvalue weighted by Crippen LogP contribution is -2.40. The summed E-state index contributed by atoms with van der Waals surface area (Å²) in [5, 5.41) is 8.71. The Bertz CT molecular complexity index is 950. The Kier molecular flexibility index (Phi) is 6.35. The maximum absolute atomic E-state index is 11.9. The first-order chi connectivity index (χ1) is 12.7. The molecule has 0 amide bonds. The van der Waals surface area contributed by atoms with Gasteiger partial charge in [0.25, 0.3) is 0 Å². The van der Waals surface area contributed by atoms with E-state index >= 15 is 0 Å². The van der Waals surface area contributed by atoms with Crippen LogP contribution in [0, 0.1) is 16.8 Å². The SMILES string of the molecule is Cc1ccccc1Nc1nn(CN(CC(C)C)[C@@H]2CCS(=O)(=O)C2)c(=S)s1. The summed E-state index contributed by atoms with van der Waals surface area (Å²) in [7, 11) is -2.93. The maximum Gasteiger partial charge on any atom is 0.209 e. The molecule has 1 atom stereocenters. The highest BCUT2D eigenvalue weighted by Crippen LogP contribution is 2.24. The molecule has 6 nitrogen and oxygen atoms in total. The van der Waals surface area contributed by atoms with Gasteiger partial charge in [0.15, 0.2) is 13.8 Å². The van der Waals surface area contributed by atoms with Gasteiger partial charge in [-0.3, -0.25) is 4.90 Å². The van der Waals surface area contributed by atoms with Crippen LogP contribution in [0.1, 0.15) is 25.8 Å². The quantitative estimate of drug-likeness (QED) is 0.679. The van der Waals surface area contributed by atoms with E-state index in [4.69, 9.17) is 12.2 Å². The van der Waals surface area contributed by atoms with Gasteiger partial charge < -0.3 is 5.32 Å². The van der Waals surface area contributed by atoms with Gasteiger partial charge in [-0.1, -0.05) is 43.4 Å². The Morgan fingerprint density at radius 3 is 2.78 bits per heavy atom. The van der Waals surface area contributed by atoms with E-state index in [1.54, 1.807) is 4.68 Å². The molecule has 1 aromatic carbocycles. The van der Waals surface area contributed by atoms with E-state index < -0.39 is 9.84 Å². The number of aromatic nitrogens is 2. The van der Waals surface area contributed by atoms with Crippen LogP contribution in [0.3, 0.4) is 0 Å². The zero-order valence-electron chi connectivity index (χ0n) is 15.9. The largest absolute Gasteiger partial charge is 0.330 e. The molecule has 2 heterocycles. The topological polar surface area (TPSA) is 67.2 Å². The molecule has 0 saturated carbocycles. The van der Waals surface area contributed by atoms with E-state index in [1.165, 1.54) is 11.3 Å². The van der Waals surface area contributed by atoms with Crippen LogP contribution in [0.15, 0.2) is 24.3 Å². The van der Waals surface area contributed by atoms with Crippen LogP contribution < -0.4 is 5.32 Å². The average molecular weight is 427 g/mol. The molecule has 1 N–H and O–H groups in total. The number of aryl methyl sites for hydroxylation is 1. The van der Waals surface area contributed by atoms with Crippen molar-refractivity contribution in [2.24, 2.45) is 5.92 Å². The molecule has 1 aliphatic heterocycles. The molecular formula is C18H26N4O2S3. The molecule has 3 rings (SSSR count). The lowest BCUT2D eigenvalue weighted by molar-refractivity contribution is 0.138. The van der Waals surface area contributed by atoms with Crippen molar-refractivity contribution in [2.75, 3.05) is 23.4 Å². The fraction of sp³-hybridized carbons (Fsp3) is 0.556. The van der Waals surface area contributed by atoms with Gasteiger partial charge in [-0.15, -0.1) is 5.10 Å². The number of benzene rings is 1. The fourth-order valence-corrected chi connectivity index (χ4v) is 6.07. The standard InChI is InChI=1S/C18H26N4O2S3/c1-13(2)10-21(15-8-9-27(23,24)11-15)12-22-18(25)26-17(20-22)19-16-7-5-4-6-14(16)3/h4-7,13,15H,8-12H2,1-3H3,(H,19,20)/t15-/m1/s1. The predicted molar refractivity (Wildman–Crippen MR) is 114 cm³/mol. The van der Waals surface area contributed by atoms with E-state index in [2.05, 4.69) is 29.2 Å². The summed E-state index contributed by atoms with van der Waals surface area (Å²) in [4.78, 5) is 2.21. The Hall–Kier alpha value is -1.29. The van der Waals surface area contributed by atoms with E-state index in [0.29, 0.717) is 23.0 Å². The van der Waals surface area contributed by atoms with Crippen molar-refractivity contribution >= 4 is 44.2 Å². The number of nitrogens with zero attached hydrogens (tertiary/aromatic N) is 3. The number of nitrogens with one attached hydrogen (secondary N) is 1. The van der Waals surface area contributed by atoms with Crippen LogP contribution in [0.4, 0.5) is 10.8 Å². The van der Waals surface area contributed by atoms with Crippen LogP contribution in [0.25, 0.3) is 0 Å². The predicted octanol–water partition coefficient (Wildman–Crippen LogP) is 3.83. The molecule has 0 radical (unpaired) electrons. The lowest BCUT2D eigenvalue weighted by Gasteiger charge is -2.29. The molecule has 27 heavy (non-hydrogen) atoms. The third kappa shape index (κ3) is 5.37. The first-order valence-electron chi connectivity index (χ1n) is 9.08. The van der Waals surface area contributed by atoms with Gasteiger partial charge in [0.1, 0.15) is 0 Å². The Morgan fingerprint density at radius 1 is 1.41 bits per heavy atom. The van der Waals surface area contributed by atoms with Crippen molar-refractivity contribution in [1.29, 1.82) is 0 Å². The van der Waals surface area contributed by atoms with Gasteiger partial charge in [0, 0.05) is 18.3 Å². The molecule has 1 aliphatic rings. The summed E-state index contributed by atoms with van der Waals surface area (Å²) in [6, 6.07) is 8.08. The number of sulfone groups is 1. The number of hydrogen-bond acceptors (Lipinski definition) is 7. The molecule has 148 valence electrons. The molecule has 0 unspecified atom stereocenters. The Labute approximate surface area is 170 Å². The number of anilines is 2. The normalized spacial score (nSPS) is 19.1. The number of rotatable bonds is 7. The molecule has 0 aliphatic carbocycles. The molecule has 1 fully saturated rings. The molecule has 0 spiro atoms. The highest BCUT2D eigenvalue weighted by atomic mass is 32.2. The molecule has 1 saturated heterocycles. The van der Waals surface area contributed by atoms with E-state index in [1.807, 2.05) is 31.2 Å². The lowest BCUT2D eigenvalue weighted by atomic mass is 10.1. The monoisotopic (exact) mass is 426 g/mol. The summed E-state index contributed by atoms with van der Waals surface area (Å²) in [6.07, 6.45) is 0.681. The zero-order chi connectivity index (χ0) is 19.6. The third-order valence-electron chi connectivity index (χ3n) is 4.63. The molecular weight excluding hydrogens is 400 g/mol. The van der Waals surface area contributed by atoms with Crippen molar-refractivity contribution in [2.45, 2.75) is 39.9 Å². The summed E-state index contributed by atoms with van der Waals surface area (Å²) in [6.45, 7) is 7.66. The van der Waals surface area contributed by atoms with Crippen LogP contribution in [0.5, 0.6) is 0 Å². The number of hydrogen-bond donors (Lipinski definition) is 1. The second-order valence-corrected chi connectivity index (χ2v) is 11.3. The van der Waals surface area contributed by atoms with Gasteiger partial charge in [0.2, 0.25) is 5.13 Å². The minimum Gasteiger partial charge on any atom is -0.330 e. The van der Waals surface area contributed by atoms with Gasteiger partial charge in [-0.05, 0) is 43.1 Å². The van der Waals surface area contributed by atoms with Crippen molar-refractivity contribution in [3.8, 4) is 0 Å². The smallest absolute Gasteiger partial charge is 0.209 e. The number of para-hydroxylation sites is 1. The van der Waals surface area contributed by atoms with Crippen LogP contribution in [-0.2, 0) is 16.5 Å². The Morgan fingerprint density at radius 2 is 2.15 bits per heavy atom. The maximum atomic E-state index is 11.9. The second-order valence-electron chi connectivity index (χ2n) is 7.48. The van der Waals surface area contributed by atoms with Crippen molar-refractivity contribution in [3.63, 3.8) is 0 Å². The van der Waals surface area contributed by atoms with E-state index in [0.717, 1.165) is 22.9 Å². The molecule has 2 aromatic rings. The molecule has 9 heteroatoms. The van der Waals surface area contributed by atoms with Crippen molar-refractivity contribution in [3.05, 3.63) is 33.8 Å². The van der Waals surface area contributed by atoms with E-state index in [9.17, 15) is 8.42 Å². The Balaban J connectivity index is 1.77. The summed E-state index contributed by atoms with van der Waals surface area (Å²) < 4.78 is 26.3. The van der Waals surface area contributed by atoms with Gasteiger partial charge >= 0.3 is 0 Å². The highest BCUT2D eigenvalue weighted by Gasteiger charge is 2.32. The highest BCUT2D eigenvalue weighted by molar-refractivity contribution is 7.91.